The van der Waals surface area contributed by atoms with Crippen molar-refractivity contribution in [3.8, 4) is 16.9 Å². The number of aliphatic hydroxyl groups excluding tert-OH is 1. The van der Waals surface area contributed by atoms with Gasteiger partial charge < -0.3 is 14.9 Å². The molecule has 110 valence electrons. The van der Waals surface area contributed by atoms with Crippen LogP contribution in [-0.2, 0) is 11.2 Å². The van der Waals surface area contributed by atoms with Crippen molar-refractivity contribution in [2.45, 2.75) is 18.9 Å². The molecule has 0 aliphatic rings. The van der Waals surface area contributed by atoms with Crippen LogP contribution in [0.3, 0.4) is 0 Å². The first kappa shape index (κ1) is 15.1. The van der Waals surface area contributed by atoms with E-state index < -0.39 is 12.1 Å². The van der Waals surface area contributed by atoms with Crippen molar-refractivity contribution in [1.29, 1.82) is 0 Å². The first-order chi connectivity index (χ1) is 10.1. The Hall–Kier alpha value is -2.33. The standard InChI is InChI=1S/C17H18O4/c1-21-16-8-6-14(7-9-16)13-4-2-12(3-5-13)10-15(18)11-17(19)20/h2-9,15,18H,10-11H2,1H3,(H,19,20)/t15-/m0/s1. The zero-order valence-electron chi connectivity index (χ0n) is 11.8. The molecule has 0 heterocycles. The Labute approximate surface area is 123 Å². The lowest BCUT2D eigenvalue weighted by Gasteiger charge is -2.09. The number of ether oxygens (including phenoxy) is 1. The van der Waals surface area contributed by atoms with Crippen LogP contribution >= 0.6 is 0 Å². The number of carbonyl (C=O) groups is 1. The lowest BCUT2D eigenvalue weighted by molar-refractivity contribution is -0.139. The maximum atomic E-state index is 10.5. The van der Waals surface area contributed by atoms with Crippen LogP contribution in [0.2, 0.25) is 0 Å². The zero-order valence-corrected chi connectivity index (χ0v) is 11.8. The Balaban J connectivity index is 2.05. The highest BCUT2D eigenvalue weighted by Crippen LogP contribution is 2.23. The minimum absolute atomic E-state index is 0.236. The third kappa shape index (κ3) is 4.33. The van der Waals surface area contributed by atoms with E-state index in [2.05, 4.69) is 0 Å². The van der Waals surface area contributed by atoms with Gasteiger partial charge in [0.25, 0.3) is 0 Å². The highest BCUT2D eigenvalue weighted by Gasteiger charge is 2.10. The van der Waals surface area contributed by atoms with Gasteiger partial charge in [-0.2, -0.15) is 0 Å². The highest BCUT2D eigenvalue weighted by atomic mass is 16.5. The molecule has 0 amide bonds. The molecule has 4 nitrogen and oxygen atoms in total. The summed E-state index contributed by atoms with van der Waals surface area (Å²) in [5.41, 5.74) is 3.06. The fourth-order valence-electron chi connectivity index (χ4n) is 2.16. The molecule has 21 heavy (non-hydrogen) atoms. The SMILES string of the molecule is COc1ccc(-c2ccc(C[C@H](O)CC(=O)O)cc2)cc1. The molecule has 4 heteroatoms. The summed E-state index contributed by atoms with van der Waals surface area (Å²) in [5, 5.41) is 18.2. The third-order valence-electron chi connectivity index (χ3n) is 3.26. The molecule has 0 spiro atoms. The van der Waals surface area contributed by atoms with Crippen LogP contribution in [0.5, 0.6) is 5.75 Å². The fraction of sp³-hybridized carbons (Fsp3) is 0.235. The molecule has 1 atom stereocenters. The molecule has 0 saturated heterocycles. The van der Waals surface area contributed by atoms with Crippen LogP contribution < -0.4 is 4.74 Å². The smallest absolute Gasteiger partial charge is 0.305 e. The maximum absolute atomic E-state index is 10.5. The fourth-order valence-corrected chi connectivity index (χ4v) is 2.16. The van der Waals surface area contributed by atoms with Crippen LogP contribution in [0.1, 0.15) is 12.0 Å². The average molecular weight is 286 g/mol. The molecule has 2 aromatic rings. The van der Waals surface area contributed by atoms with Gasteiger partial charge in [-0.3, -0.25) is 4.79 Å². The van der Waals surface area contributed by atoms with Gasteiger partial charge in [-0.15, -0.1) is 0 Å². The minimum Gasteiger partial charge on any atom is -0.497 e. The Bertz CT molecular complexity index is 587. The quantitative estimate of drug-likeness (QED) is 0.857. The summed E-state index contributed by atoms with van der Waals surface area (Å²) < 4.78 is 5.12. The van der Waals surface area contributed by atoms with E-state index in [4.69, 9.17) is 9.84 Å². The highest BCUT2D eigenvalue weighted by molar-refractivity contribution is 5.67. The average Bonchev–Trinajstić information content (AvgIpc) is 2.47. The van der Waals surface area contributed by atoms with Crippen LogP contribution in [0.25, 0.3) is 11.1 Å². The lowest BCUT2D eigenvalue weighted by Crippen LogP contribution is -2.15. The topological polar surface area (TPSA) is 66.8 Å². The largest absolute Gasteiger partial charge is 0.497 e. The van der Waals surface area contributed by atoms with Crippen molar-refractivity contribution >= 4 is 5.97 Å². The number of hydrogen-bond acceptors (Lipinski definition) is 3. The summed E-state index contributed by atoms with van der Waals surface area (Å²) in [7, 11) is 1.63. The van der Waals surface area contributed by atoms with Gasteiger partial charge >= 0.3 is 5.97 Å². The molecular formula is C17H18O4. The second-order valence-electron chi connectivity index (χ2n) is 4.88. The number of aliphatic carboxylic acids is 1. The van der Waals surface area contributed by atoms with E-state index >= 15 is 0 Å². The summed E-state index contributed by atoms with van der Waals surface area (Å²) in [4.78, 5) is 10.5. The monoisotopic (exact) mass is 286 g/mol. The minimum atomic E-state index is -0.989. The van der Waals surface area contributed by atoms with E-state index in [1.807, 2.05) is 48.5 Å². The number of aliphatic hydroxyl groups is 1. The Morgan fingerprint density at radius 1 is 1.05 bits per heavy atom. The van der Waals surface area contributed by atoms with Crippen molar-refractivity contribution in [1.82, 2.24) is 0 Å². The molecule has 0 radical (unpaired) electrons. The maximum Gasteiger partial charge on any atom is 0.305 e. The van der Waals surface area contributed by atoms with Crippen LogP contribution in [0.15, 0.2) is 48.5 Å². The normalized spacial score (nSPS) is 11.9. The van der Waals surface area contributed by atoms with E-state index in [-0.39, 0.29) is 6.42 Å². The van der Waals surface area contributed by atoms with Crippen LogP contribution in [0, 0.1) is 0 Å². The predicted molar refractivity (Wildman–Crippen MR) is 80.4 cm³/mol. The lowest BCUT2D eigenvalue weighted by atomic mass is 10.0. The van der Waals surface area contributed by atoms with Gasteiger partial charge in [-0.25, -0.2) is 0 Å². The Morgan fingerprint density at radius 2 is 1.57 bits per heavy atom. The summed E-state index contributed by atoms with van der Waals surface area (Å²) in [6.45, 7) is 0. The molecule has 2 aromatic carbocycles. The Morgan fingerprint density at radius 3 is 2.05 bits per heavy atom. The van der Waals surface area contributed by atoms with Crippen molar-refractivity contribution in [2.24, 2.45) is 0 Å². The van der Waals surface area contributed by atoms with E-state index in [0.717, 1.165) is 22.4 Å². The number of hydrogen-bond donors (Lipinski definition) is 2. The van der Waals surface area contributed by atoms with Gasteiger partial charge in [-0.05, 0) is 35.2 Å². The number of benzene rings is 2. The van der Waals surface area contributed by atoms with Gasteiger partial charge in [0.05, 0.1) is 19.6 Å². The van der Waals surface area contributed by atoms with Crippen molar-refractivity contribution in [3.05, 3.63) is 54.1 Å². The third-order valence-corrected chi connectivity index (χ3v) is 3.26. The van der Waals surface area contributed by atoms with E-state index in [0.29, 0.717) is 6.42 Å². The summed E-state index contributed by atoms with van der Waals surface area (Å²) in [6, 6.07) is 15.5. The molecule has 0 aliphatic heterocycles. The molecule has 0 aliphatic carbocycles. The number of rotatable bonds is 6. The molecule has 0 fully saturated rings. The molecular weight excluding hydrogens is 268 g/mol. The van der Waals surface area contributed by atoms with Crippen molar-refractivity contribution in [3.63, 3.8) is 0 Å². The van der Waals surface area contributed by atoms with Gasteiger partial charge in [0, 0.05) is 0 Å². The molecule has 0 aromatic heterocycles. The summed E-state index contributed by atoms with van der Waals surface area (Å²) in [6.07, 6.45) is -0.746. The van der Waals surface area contributed by atoms with E-state index in [9.17, 15) is 9.90 Å². The summed E-state index contributed by atoms with van der Waals surface area (Å²) >= 11 is 0. The van der Waals surface area contributed by atoms with Gasteiger partial charge in [-0.1, -0.05) is 36.4 Å². The first-order valence-electron chi connectivity index (χ1n) is 6.71. The van der Waals surface area contributed by atoms with Gasteiger partial charge in [0.2, 0.25) is 0 Å². The summed E-state index contributed by atoms with van der Waals surface area (Å²) in [5.74, 6) is -0.176. The van der Waals surface area contributed by atoms with E-state index in [1.165, 1.54) is 0 Å². The molecule has 2 N–H and O–H groups in total. The number of carboxylic acid groups (broad SMARTS) is 1. The number of methoxy groups -OCH3 is 1. The predicted octanol–water partition coefficient (Wildman–Crippen LogP) is 2.74. The molecule has 2 rings (SSSR count). The van der Waals surface area contributed by atoms with Gasteiger partial charge in [0.15, 0.2) is 0 Å². The van der Waals surface area contributed by atoms with Crippen molar-refractivity contribution < 1.29 is 19.7 Å². The van der Waals surface area contributed by atoms with Crippen molar-refractivity contribution in [2.75, 3.05) is 7.11 Å². The first-order valence-corrected chi connectivity index (χ1v) is 6.71. The second kappa shape index (κ2) is 6.90. The van der Waals surface area contributed by atoms with E-state index in [1.54, 1.807) is 7.11 Å². The molecule has 0 bridgehead atoms. The molecule has 0 unspecified atom stereocenters. The Kier molecular flexibility index (Phi) is 4.95. The zero-order chi connectivity index (χ0) is 15.2. The second-order valence-corrected chi connectivity index (χ2v) is 4.88. The van der Waals surface area contributed by atoms with Crippen LogP contribution in [-0.4, -0.2) is 29.4 Å². The van der Waals surface area contributed by atoms with Crippen LogP contribution in [0.4, 0.5) is 0 Å². The van der Waals surface area contributed by atoms with Gasteiger partial charge in [0.1, 0.15) is 5.75 Å². The number of carboxylic acids is 1. The molecule has 0 saturated carbocycles.